The maximum atomic E-state index is 13.0. The number of benzene rings is 2. The molecule has 336 valence electrons. The standard InChI is InChI=1S/C54H50N2O10/c1-7-9-11-13-15-17-19-22-43-26-30-47(31-27-43)61-37-49(39-63-51(57)41(3)4)65-53(59)55-35-45-24-21-25-46(34-45)36-56-54(60)66-50(40-64-52(58)42(5)6)38-62-48-32-28-44(29-33-48)23-20-18-16-14-12-10-8-2/h26-33,45-46,49-50H,3,5,21,24-25,34-40H2,1-2,4,6H3,(H,55,59)(H,56,60). The predicted molar refractivity (Wildman–Crippen MR) is 249 cm³/mol. The molecule has 12 nitrogen and oxygen atoms in total. The molecule has 0 spiro atoms. The van der Waals surface area contributed by atoms with Crippen LogP contribution in [0, 0.1) is 107 Å². The zero-order valence-electron chi connectivity index (χ0n) is 37.5. The van der Waals surface area contributed by atoms with Crippen molar-refractivity contribution in [3.05, 3.63) is 84.0 Å². The van der Waals surface area contributed by atoms with Crippen molar-refractivity contribution in [2.24, 2.45) is 11.8 Å². The molecule has 66 heavy (non-hydrogen) atoms. The van der Waals surface area contributed by atoms with Crippen molar-refractivity contribution in [3.63, 3.8) is 0 Å². The molecule has 2 aromatic carbocycles. The van der Waals surface area contributed by atoms with Crippen molar-refractivity contribution in [2.45, 2.75) is 65.6 Å². The summed E-state index contributed by atoms with van der Waals surface area (Å²) in [5.74, 6) is 42.5. The average molecular weight is 887 g/mol. The zero-order chi connectivity index (χ0) is 47.8. The van der Waals surface area contributed by atoms with E-state index in [1.54, 1.807) is 62.4 Å². The summed E-state index contributed by atoms with van der Waals surface area (Å²) in [6, 6.07) is 13.8. The summed E-state index contributed by atoms with van der Waals surface area (Å²) in [4.78, 5) is 50.2. The largest absolute Gasteiger partial charge is 0.490 e. The first kappa shape index (κ1) is 51.8. The first-order chi connectivity index (χ1) is 31.9. The van der Waals surface area contributed by atoms with Crippen molar-refractivity contribution < 1.29 is 47.6 Å². The molecule has 2 N–H and O–H groups in total. The molecule has 2 amide bonds. The van der Waals surface area contributed by atoms with Crippen molar-refractivity contribution in [1.29, 1.82) is 0 Å². The maximum Gasteiger partial charge on any atom is 0.407 e. The van der Waals surface area contributed by atoms with Crippen LogP contribution >= 0.6 is 0 Å². The Balaban J connectivity index is 1.49. The van der Waals surface area contributed by atoms with Crippen LogP contribution in [-0.4, -0.2) is 75.9 Å². The molecule has 4 atom stereocenters. The third-order valence-corrected chi connectivity index (χ3v) is 8.88. The molecule has 1 aliphatic carbocycles. The normalized spacial score (nSPS) is 13.5. The van der Waals surface area contributed by atoms with Crippen LogP contribution in [-0.2, 0) is 28.5 Å². The van der Waals surface area contributed by atoms with Crippen LogP contribution in [0.3, 0.4) is 0 Å². The first-order valence-corrected chi connectivity index (χ1v) is 20.8. The third kappa shape index (κ3) is 22.5. The van der Waals surface area contributed by atoms with Gasteiger partial charge in [-0.15, -0.1) is 0 Å². The van der Waals surface area contributed by atoms with E-state index in [1.165, 1.54) is 13.8 Å². The lowest BCUT2D eigenvalue weighted by Crippen LogP contribution is -2.40. The highest BCUT2D eigenvalue weighted by atomic mass is 16.6. The highest BCUT2D eigenvalue weighted by Crippen LogP contribution is 2.28. The number of hydrogen-bond donors (Lipinski definition) is 2. The Kier molecular flexibility index (Phi) is 24.0. The first-order valence-electron chi connectivity index (χ1n) is 20.8. The number of nitrogens with one attached hydrogen (secondary N) is 2. The van der Waals surface area contributed by atoms with Crippen LogP contribution in [0.1, 0.15) is 64.5 Å². The van der Waals surface area contributed by atoms with Crippen molar-refractivity contribution in [3.8, 4) is 106 Å². The fraction of sp³-hybridized carbons (Fsp3) is 0.333. The van der Waals surface area contributed by atoms with E-state index >= 15 is 0 Å². The number of amides is 2. The lowest BCUT2D eigenvalue weighted by atomic mass is 9.81. The van der Waals surface area contributed by atoms with E-state index in [2.05, 4.69) is 119 Å². The summed E-state index contributed by atoms with van der Waals surface area (Å²) in [5.41, 5.74) is 1.79. The molecule has 0 aromatic heterocycles. The molecule has 1 saturated carbocycles. The third-order valence-electron chi connectivity index (χ3n) is 8.88. The number of hydrogen-bond acceptors (Lipinski definition) is 10. The zero-order valence-corrected chi connectivity index (χ0v) is 37.5. The minimum atomic E-state index is -0.932. The lowest BCUT2D eigenvalue weighted by molar-refractivity contribution is -0.143. The van der Waals surface area contributed by atoms with Gasteiger partial charge in [-0.3, -0.25) is 0 Å². The topological polar surface area (TPSA) is 148 Å². The molecule has 0 heterocycles. The average Bonchev–Trinajstić information content (AvgIpc) is 3.31. The number of esters is 2. The molecule has 4 unspecified atom stereocenters. The Morgan fingerprint density at radius 2 is 0.924 bits per heavy atom. The van der Waals surface area contributed by atoms with E-state index in [-0.39, 0.29) is 49.4 Å². The van der Waals surface area contributed by atoms with Crippen LogP contribution in [0.25, 0.3) is 0 Å². The highest BCUT2D eigenvalue weighted by molar-refractivity contribution is 5.87. The predicted octanol–water partition coefficient (Wildman–Crippen LogP) is 6.14. The SMILES string of the molecule is C=C(C)C(=O)OCC(COc1ccc(C#CC#CC#CC#CC)cc1)OC(=O)NCC1CCCC(CNC(=O)OC(COC(=O)C(=C)C)COc2ccc(C#CC#CC#CC#CC)cc2)C1. The van der Waals surface area contributed by atoms with Gasteiger partial charge in [-0.05, 0) is 178 Å². The van der Waals surface area contributed by atoms with Gasteiger partial charge in [-0.2, -0.15) is 0 Å². The maximum absolute atomic E-state index is 13.0. The Morgan fingerprint density at radius 1 is 0.561 bits per heavy atom. The summed E-state index contributed by atoms with van der Waals surface area (Å²) in [5, 5.41) is 5.64. The van der Waals surface area contributed by atoms with E-state index < -0.39 is 36.3 Å². The highest BCUT2D eigenvalue weighted by Gasteiger charge is 2.26. The Bertz CT molecular complexity index is 2390. The van der Waals surface area contributed by atoms with Gasteiger partial charge < -0.3 is 39.1 Å². The molecule has 0 aliphatic heterocycles. The number of carbonyl (C=O) groups is 4. The molecule has 1 aliphatic rings. The van der Waals surface area contributed by atoms with E-state index in [9.17, 15) is 19.2 Å². The number of alkyl carbamates (subject to hydrolysis) is 2. The molecular weight excluding hydrogens is 837 g/mol. The van der Waals surface area contributed by atoms with Gasteiger partial charge in [-0.25, -0.2) is 19.2 Å². The van der Waals surface area contributed by atoms with E-state index in [4.69, 9.17) is 28.4 Å². The Morgan fingerprint density at radius 3 is 1.29 bits per heavy atom. The van der Waals surface area contributed by atoms with Crippen LogP contribution in [0.15, 0.2) is 72.8 Å². The minimum absolute atomic E-state index is 0.101. The van der Waals surface area contributed by atoms with Gasteiger partial charge in [0.1, 0.15) is 37.9 Å². The van der Waals surface area contributed by atoms with Crippen molar-refractivity contribution in [2.75, 3.05) is 39.5 Å². The second-order valence-corrected chi connectivity index (χ2v) is 14.4. The van der Waals surface area contributed by atoms with E-state index in [0.717, 1.165) is 25.7 Å². The smallest absolute Gasteiger partial charge is 0.407 e. The summed E-state index contributed by atoms with van der Waals surface area (Å²) >= 11 is 0. The molecule has 12 heteroatoms. The second-order valence-electron chi connectivity index (χ2n) is 14.4. The van der Waals surface area contributed by atoms with Gasteiger partial charge in [0.15, 0.2) is 12.2 Å². The Labute approximate surface area is 388 Å². The van der Waals surface area contributed by atoms with Gasteiger partial charge in [0.25, 0.3) is 0 Å². The summed E-state index contributed by atoms with van der Waals surface area (Å²) in [6.45, 7) is 13.5. The van der Waals surface area contributed by atoms with Crippen LogP contribution in [0.4, 0.5) is 9.59 Å². The summed E-state index contributed by atoms with van der Waals surface area (Å²) in [7, 11) is 0. The quantitative estimate of drug-likeness (QED) is 0.0775. The Hall–Kier alpha value is -8.52. The monoisotopic (exact) mass is 886 g/mol. The van der Waals surface area contributed by atoms with Gasteiger partial charge >= 0.3 is 24.1 Å². The van der Waals surface area contributed by atoms with Crippen molar-refractivity contribution >= 4 is 24.1 Å². The fourth-order valence-electron chi connectivity index (χ4n) is 5.66. The van der Waals surface area contributed by atoms with Crippen LogP contribution in [0.5, 0.6) is 11.5 Å². The molecule has 0 saturated heterocycles. The summed E-state index contributed by atoms with van der Waals surface area (Å²) in [6.07, 6.45) is 0.0524. The molecule has 1 fully saturated rings. The molecule has 0 radical (unpaired) electrons. The lowest BCUT2D eigenvalue weighted by Gasteiger charge is -2.29. The molecule has 0 bridgehead atoms. The van der Waals surface area contributed by atoms with Crippen LogP contribution in [0.2, 0.25) is 0 Å². The van der Waals surface area contributed by atoms with Crippen LogP contribution < -0.4 is 20.1 Å². The number of carbonyl (C=O) groups excluding carboxylic acids is 4. The minimum Gasteiger partial charge on any atom is -0.490 e. The van der Waals surface area contributed by atoms with E-state index in [1.807, 2.05) is 0 Å². The van der Waals surface area contributed by atoms with Gasteiger partial charge in [0.05, 0.1) is 0 Å². The van der Waals surface area contributed by atoms with E-state index in [0.29, 0.717) is 35.7 Å². The molecule has 3 rings (SSSR count). The fourth-order valence-corrected chi connectivity index (χ4v) is 5.66. The van der Waals surface area contributed by atoms with Gasteiger partial charge in [-0.1, -0.05) is 43.3 Å². The van der Waals surface area contributed by atoms with Crippen molar-refractivity contribution in [1.82, 2.24) is 10.6 Å². The second kappa shape index (κ2) is 30.5. The van der Waals surface area contributed by atoms with Gasteiger partial charge in [0.2, 0.25) is 0 Å². The molecule has 2 aromatic rings. The number of ether oxygens (including phenoxy) is 6. The molecular formula is C54H50N2O10. The number of rotatable bonds is 18. The summed E-state index contributed by atoms with van der Waals surface area (Å²) < 4.78 is 33.5. The van der Waals surface area contributed by atoms with Gasteiger partial charge in [0, 0.05) is 35.4 Å².